The lowest BCUT2D eigenvalue weighted by molar-refractivity contribution is -0.143. The van der Waals surface area contributed by atoms with Crippen LogP contribution in [0.15, 0.2) is 120 Å². The number of fused-ring (bicyclic) bond motifs is 1. The summed E-state index contributed by atoms with van der Waals surface area (Å²) in [5, 5.41) is 42.3. The average Bonchev–Trinajstić information content (AvgIpc) is 1.53. The highest BCUT2D eigenvalue weighted by Gasteiger charge is 2.38. The monoisotopic (exact) mass is 1270 g/mol. The smallest absolute Gasteiger partial charge is 0.334 e. The summed E-state index contributed by atoms with van der Waals surface area (Å²) in [6.45, 7) is 6.13. The molecule has 0 fully saturated rings. The molecule has 0 bridgehead atoms. The van der Waals surface area contributed by atoms with E-state index in [0.29, 0.717) is 22.3 Å². The van der Waals surface area contributed by atoms with Crippen LogP contribution in [0.5, 0.6) is 5.75 Å². The number of urea groups is 1. The van der Waals surface area contributed by atoms with Crippen LogP contribution in [0, 0.1) is 5.92 Å². The van der Waals surface area contributed by atoms with Crippen molar-refractivity contribution in [1.29, 1.82) is 0 Å². The molecule has 0 aliphatic heterocycles. The average molecular weight is 1270 g/mol. The molecular weight excluding hydrogens is 1190 g/mol. The first kappa shape index (κ1) is 72.2. The van der Waals surface area contributed by atoms with Gasteiger partial charge in [-0.1, -0.05) is 105 Å². The van der Waals surface area contributed by atoms with Gasteiger partial charge in [0.1, 0.15) is 54.1 Å². The van der Waals surface area contributed by atoms with Gasteiger partial charge in [0.05, 0.1) is 12.5 Å². The van der Waals surface area contributed by atoms with Crippen LogP contribution in [-0.2, 0) is 73.6 Å². The minimum Gasteiger partial charge on any atom is -0.508 e. The Bertz CT molecular complexity index is 3380. The number of hydrazine groups is 1. The van der Waals surface area contributed by atoms with Crippen LogP contribution in [0.2, 0.25) is 0 Å². The van der Waals surface area contributed by atoms with Crippen molar-refractivity contribution in [2.45, 2.75) is 134 Å². The molecule has 19 N–H and O–H groups in total. The summed E-state index contributed by atoms with van der Waals surface area (Å²) in [5.74, 6) is -9.20. The maximum absolute atomic E-state index is 14.5. The molecule has 0 spiro atoms. The van der Waals surface area contributed by atoms with Crippen molar-refractivity contribution in [3.8, 4) is 5.75 Å². The largest absolute Gasteiger partial charge is 0.508 e. The van der Waals surface area contributed by atoms with Gasteiger partial charge in [-0.25, -0.2) is 10.2 Å². The van der Waals surface area contributed by atoms with Crippen LogP contribution in [0.4, 0.5) is 4.79 Å². The van der Waals surface area contributed by atoms with Gasteiger partial charge >= 0.3 is 6.03 Å². The van der Waals surface area contributed by atoms with Gasteiger partial charge in [0, 0.05) is 70.3 Å². The van der Waals surface area contributed by atoms with Gasteiger partial charge < -0.3 is 79.8 Å². The second kappa shape index (κ2) is 35.6. The molecule has 0 saturated heterocycles. The number of benzene rings is 4. The second-order valence-corrected chi connectivity index (χ2v) is 22.5. The van der Waals surface area contributed by atoms with E-state index in [1.165, 1.54) is 33.2 Å². The zero-order chi connectivity index (χ0) is 67.6. The number of carbonyl (C=O) groups excluding carboxylic acids is 11. The molecule has 1 aromatic heterocycles. The molecule has 9 atom stereocenters. The number of aliphatic imine (C=N–C) groups is 1. The lowest BCUT2D eigenvalue weighted by Crippen LogP contribution is -2.63. The normalized spacial score (nSPS) is 14.2. The van der Waals surface area contributed by atoms with Crippen molar-refractivity contribution in [1.82, 2.24) is 63.3 Å². The summed E-state index contributed by atoms with van der Waals surface area (Å²) in [5.41, 5.74) is 24.7. The number of nitrogens with zero attached hydrogens (tertiary/aromatic N) is 2. The molecule has 0 aliphatic carbocycles. The van der Waals surface area contributed by atoms with Gasteiger partial charge in [0.2, 0.25) is 53.2 Å². The lowest BCUT2D eigenvalue weighted by Gasteiger charge is -2.32. The molecule has 0 aliphatic rings. The van der Waals surface area contributed by atoms with Crippen molar-refractivity contribution in [2.75, 3.05) is 20.6 Å². The van der Waals surface area contributed by atoms with Crippen LogP contribution < -0.4 is 70.6 Å². The van der Waals surface area contributed by atoms with Crippen LogP contribution in [0.3, 0.4) is 0 Å². The van der Waals surface area contributed by atoms with Gasteiger partial charge in [-0.2, -0.15) is 0 Å². The highest BCUT2D eigenvalue weighted by Crippen LogP contribution is 2.20. The van der Waals surface area contributed by atoms with Crippen LogP contribution in [-0.4, -0.2) is 166 Å². The number of phenolic OH excluding ortho intramolecular Hbond substituents is 1. The number of para-hydroxylation sites is 1. The topological polar surface area (TPSA) is 458 Å². The van der Waals surface area contributed by atoms with E-state index >= 15 is 0 Å². The number of rotatable bonds is 33. The van der Waals surface area contributed by atoms with Crippen LogP contribution in [0.25, 0.3) is 10.9 Å². The number of H-pyrrole nitrogens is 1. The van der Waals surface area contributed by atoms with Gasteiger partial charge in [-0.15, -0.1) is 0 Å². The standard InChI is InChI=1S/C63H84N16O13/c1-35(2)28-47(56(86)71-45(22-15-27-68-62(66)67-5)55(85)72-46(54(65)84)32-41-34-69-44-21-14-13-20-43(41)44)75-63(92)78-77-58(88)48(29-38-16-9-7-10-17-38)74-60(90)53(36(3)80)76-57(87)49(33-52(64)83)73-59(89)51(31-39-18-11-8-12-19-39)79(6)61(91)50(70-37(4)81)30-40-23-25-42(82)26-24-40/h7-14,16-21,23-26,34-36,45-51,53,69,80,82H,15,22,27-33H2,1-6H3,(H2,64,83)(H2,65,84)(H,70,81)(H,71,86)(H,72,85)(H,73,89)(H,74,90)(H,76,87)(H,77,88)(H3,66,67,68)(H2,75,78,92)/t36-,45+,46+,47+,48+,49+,50-,51-,53+/m1/s1. The zero-order valence-electron chi connectivity index (χ0n) is 52.1. The number of primary amides is 2. The van der Waals surface area contributed by atoms with Gasteiger partial charge in [0.15, 0.2) is 5.96 Å². The minimum absolute atomic E-state index is 0.0145. The number of amides is 12. The van der Waals surface area contributed by atoms with Gasteiger partial charge in [-0.05, 0) is 72.6 Å². The summed E-state index contributed by atoms with van der Waals surface area (Å²) >= 11 is 0. The predicted octanol–water partition coefficient (Wildman–Crippen LogP) is -1.30. The van der Waals surface area contributed by atoms with Crippen molar-refractivity contribution in [3.63, 3.8) is 0 Å². The fraction of sp³-hybridized carbons (Fsp3) is 0.397. The van der Waals surface area contributed by atoms with E-state index in [0.717, 1.165) is 22.7 Å². The Morgan fingerprint density at radius 2 is 1.13 bits per heavy atom. The first-order chi connectivity index (χ1) is 43.7. The summed E-state index contributed by atoms with van der Waals surface area (Å²) in [4.78, 5) is 159. The molecule has 4 aromatic carbocycles. The number of nitrogens with two attached hydrogens (primary N) is 3. The fourth-order valence-electron chi connectivity index (χ4n) is 9.87. The molecule has 0 unspecified atom stereocenters. The molecule has 5 aromatic rings. The molecule has 494 valence electrons. The van der Waals surface area contributed by atoms with Crippen molar-refractivity contribution in [2.24, 2.45) is 28.1 Å². The van der Waals surface area contributed by atoms with E-state index in [4.69, 9.17) is 17.2 Å². The maximum atomic E-state index is 14.5. The highest BCUT2D eigenvalue weighted by atomic mass is 16.3. The first-order valence-electron chi connectivity index (χ1n) is 29.8. The van der Waals surface area contributed by atoms with Gasteiger partial charge in [-0.3, -0.25) is 58.4 Å². The summed E-state index contributed by atoms with van der Waals surface area (Å²) in [6, 6.07) is 17.2. The third kappa shape index (κ3) is 23.1. The number of hydrogen-bond donors (Lipinski definition) is 16. The number of aromatic amines is 1. The molecule has 5 rings (SSSR count). The number of nitrogens with one attached hydrogen (secondary N) is 11. The maximum Gasteiger partial charge on any atom is 0.334 e. The van der Waals surface area contributed by atoms with E-state index in [2.05, 4.69) is 63.4 Å². The van der Waals surface area contributed by atoms with Crippen LogP contribution in [0.1, 0.15) is 75.6 Å². The third-order valence-electron chi connectivity index (χ3n) is 14.7. The quantitative estimate of drug-likeness (QED) is 0.0101. The summed E-state index contributed by atoms with van der Waals surface area (Å²) < 4.78 is 0. The Kier molecular flexibility index (Phi) is 27.9. The Morgan fingerprint density at radius 1 is 0.576 bits per heavy atom. The molecule has 29 nitrogen and oxygen atoms in total. The van der Waals surface area contributed by atoms with Crippen LogP contribution >= 0.6 is 0 Å². The molecule has 0 saturated carbocycles. The summed E-state index contributed by atoms with van der Waals surface area (Å²) in [7, 11) is 2.79. The number of phenols is 1. The number of likely N-dealkylation sites (N-methyl/N-ethyl adjacent to an activating group) is 1. The van der Waals surface area contributed by atoms with E-state index in [9.17, 15) is 63.0 Å². The Balaban J connectivity index is 1.31. The number of aliphatic hydroxyl groups is 1. The molecule has 0 radical (unpaired) electrons. The van der Waals surface area contributed by atoms with E-state index in [1.54, 1.807) is 92.8 Å². The second-order valence-electron chi connectivity index (χ2n) is 22.5. The number of aromatic hydroxyl groups is 1. The Morgan fingerprint density at radius 3 is 1.73 bits per heavy atom. The minimum atomic E-state index is -1.89. The molecule has 29 heteroatoms. The number of carbonyl (C=O) groups is 11. The van der Waals surface area contributed by atoms with E-state index < -0.39 is 126 Å². The number of aromatic nitrogens is 1. The Labute approximate surface area is 532 Å². The van der Waals surface area contributed by atoms with Crippen molar-refractivity contribution in [3.05, 3.63) is 138 Å². The van der Waals surface area contributed by atoms with Crippen molar-refractivity contribution < 1.29 is 63.0 Å². The van der Waals surface area contributed by atoms with E-state index in [-0.39, 0.29) is 69.1 Å². The molecule has 12 amide bonds. The lowest BCUT2D eigenvalue weighted by atomic mass is 10.00. The number of hydrogen-bond acceptors (Lipinski definition) is 14. The number of aliphatic hydroxyl groups excluding tert-OH is 1. The third-order valence-corrected chi connectivity index (χ3v) is 14.7. The molecular formula is C63H84N16O13. The summed E-state index contributed by atoms with van der Waals surface area (Å²) in [6.07, 6.45) is -0.947. The highest BCUT2D eigenvalue weighted by molar-refractivity contribution is 5.99. The predicted molar refractivity (Wildman–Crippen MR) is 340 cm³/mol. The van der Waals surface area contributed by atoms with E-state index in [1.807, 2.05) is 24.3 Å². The molecule has 92 heavy (non-hydrogen) atoms. The zero-order valence-corrected chi connectivity index (χ0v) is 52.1. The van der Waals surface area contributed by atoms with Crippen molar-refractivity contribution >= 4 is 82.0 Å². The first-order valence-corrected chi connectivity index (χ1v) is 29.8. The van der Waals surface area contributed by atoms with Gasteiger partial charge in [0.25, 0.3) is 5.91 Å². The number of guanidine groups is 1. The fourth-order valence-corrected chi connectivity index (χ4v) is 9.87. The SMILES string of the molecule is CN=C(N)NCCC[C@H](NC(=O)[C@H](CC(C)C)NC(=O)NNC(=O)[C@H](Cc1ccccc1)NC(=O)[C@@H](NC(=O)[C@H](CC(N)=O)NC(=O)[C@@H](Cc1ccccc1)N(C)C(=O)[C@@H](Cc1ccc(O)cc1)NC(C)=O)[C@@H](C)O)C(=O)N[C@@H](Cc1c[nH]c2ccccc12)C(N)=O. The molecule has 1 heterocycles. The Hall–Kier alpha value is -10.6.